The van der Waals surface area contributed by atoms with Crippen LogP contribution < -0.4 is 16.0 Å². The van der Waals surface area contributed by atoms with E-state index in [2.05, 4.69) is 22.0 Å². The van der Waals surface area contributed by atoms with Gasteiger partial charge in [0, 0.05) is 26.4 Å². The molecule has 1 saturated heterocycles. The largest absolute Gasteiger partial charge is 0.356 e. The van der Waals surface area contributed by atoms with Gasteiger partial charge in [0.05, 0.1) is 6.07 Å². The fraction of sp³-hybridized carbons (Fsp3) is 0.773. The van der Waals surface area contributed by atoms with Crippen LogP contribution in [0.2, 0.25) is 0 Å². The molecule has 0 aromatic rings. The van der Waals surface area contributed by atoms with Crippen molar-refractivity contribution in [3.63, 3.8) is 0 Å². The van der Waals surface area contributed by atoms with E-state index in [1.807, 2.05) is 34.6 Å². The van der Waals surface area contributed by atoms with Crippen molar-refractivity contribution in [2.75, 3.05) is 13.6 Å². The zero-order chi connectivity index (χ0) is 23.9. The van der Waals surface area contributed by atoms with Gasteiger partial charge in [-0.15, -0.1) is 0 Å². The molecule has 1 aliphatic heterocycles. The highest BCUT2D eigenvalue weighted by Gasteiger charge is 2.38. The van der Waals surface area contributed by atoms with Gasteiger partial charge in [-0.3, -0.25) is 19.2 Å². The first-order valence-corrected chi connectivity index (χ1v) is 10.8. The summed E-state index contributed by atoms with van der Waals surface area (Å²) in [6.45, 7) is 11.3. The summed E-state index contributed by atoms with van der Waals surface area (Å²) in [6.07, 6.45) is 1.26. The molecule has 0 aromatic heterocycles. The summed E-state index contributed by atoms with van der Waals surface area (Å²) in [4.78, 5) is 51.2. The molecule has 0 bridgehead atoms. The number of hydrogen-bond donors (Lipinski definition) is 3. The Hall–Kier alpha value is -2.63. The van der Waals surface area contributed by atoms with Gasteiger partial charge in [0.15, 0.2) is 0 Å². The number of likely N-dealkylation sites (N-methyl/N-ethyl adjacent to an activating group) is 1. The molecule has 0 unspecified atom stereocenters. The predicted molar refractivity (Wildman–Crippen MR) is 116 cm³/mol. The van der Waals surface area contributed by atoms with Crippen LogP contribution in [0.4, 0.5) is 0 Å². The molecule has 3 N–H and O–H groups in total. The molecule has 9 nitrogen and oxygen atoms in total. The van der Waals surface area contributed by atoms with E-state index in [9.17, 15) is 24.4 Å². The molecule has 1 aliphatic rings. The molecule has 0 aliphatic carbocycles. The Morgan fingerprint density at radius 2 is 1.87 bits per heavy atom. The van der Waals surface area contributed by atoms with Gasteiger partial charge in [0.2, 0.25) is 23.6 Å². The maximum atomic E-state index is 13.2. The van der Waals surface area contributed by atoms with Crippen molar-refractivity contribution < 1.29 is 19.2 Å². The molecule has 9 heteroatoms. The van der Waals surface area contributed by atoms with Crippen molar-refractivity contribution >= 4 is 23.6 Å². The molecule has 0 aromatic carbocycles. The summed E-state index contributed by atoms with van der Waals surface area (Å²) in [5.74, 6) is -1.44. The lowest BCUT2D eigenvalue weighted by atomic mass is 9.85. The van der Waals surface area contributed by atoms with Crippen molar-refractivity contribution in [2.24, 2.45) is 17.3 Å². The van der Waals surface area contributed by atoms with Crippen LogP contribution in [0.5, 0.6) is 0 Å². The van der Waals surface area contributed by atoms with Crippen LogP contribution in [-0.4, -0.2) is 60.2 Å². The highest BCUT2D eigenvalue weighted by atomic mass is 16.2. The highest BCUT2D eigenvalue weighted by molar-refractivity contribution is 5.92. The van der Waals surface area contributed by atoms with Crippen molar-refractivity contribution in [3.05, 3.63) is 0 Å². The second-order valence-electron chi connectivity index (χ2n) is 9.80. The molecule has 4 amide bonds. The van der Waals surface area contributed by atoms with E-state index in [4.69, 9.17) is 0 Å². The van der Waals surface area contributed by atoms with E-state index in [-0.39, 0.29) is 36.0 Å². The number of hydrogen-bond acceptors (Lipinski definition) is 5. The van der Waals surface area contributed by atoms with E-state index in [0.717, 1.165) is 0 Å². The minimum Gasteiger partial charge on any atom is -0.356 e. The number of amides is 4. The lowest BCUT2D eigenvalue weighted by Gasteiger charge is -2.37. The Morgan fingerprint density at radius 1 is 1.26 bits per heavy atom. The van der Waals surface area contributed by atoms with Crippen LogP contribution in [0.15, 0.2) is 0 Å². The van der Waals surface area contributed by atoms with Gasteiger partial charge in [0.1, 0.15) is 18.1 Å². The molecule has 0 saturated carbocycles. The van der Waals surface area contributed by atoms with Crippen molar-refractivity contribution in [2.45, 2.75) is 78.9 Å². The van der Waals surface area contributed by atoms with Crippen LogP contribution in [0.1, 0.15) is 60.8 Å². The number of nitriles is 1. The average Bonchev–Trinajstić information content (AvgIpc) is 3.05. The van der Waals surface area contributed by atoms with Crippen LogP contribution >= 0.6 is 0 Å². The number of carbonyl (C=O) groups is 4. The quantitative estimate of drug-likeness (QED) is 0.496. The lowest BCUT2D eigenvalue weighted by molar-refractivity contribution is -0.144. The molecule has 1 heterocycles. The first-order chi connectivity index (χ1) is 14.3. The molecule has 4 atom stereocenters. The highest BCUT2D eigenvalue weighted by Crippen LogP contribution is 2.23. The molecule has 0 radical (unpaired) electrons. The summed E-state index contributed by atoms with van der Waals surface area (Å²) >= 11 is 0. The van der Waals surface area contributed by atoms with Gasteiger partial charge in [-0.2, -0.15) is 5.26 Å². The van der Waals surface area contributed by atoms with Crippen LogP contribution in [0.3, 0.4) is 0 Å². The fourth-order valence-corrected chi connectivity index (χ4v) is 3.66. The molecular weight excluding hydrogens is 398 g/mol. The van der Waals surface area contributed by atoms with Gasteiger partial charge in [-0.25, -0.2) is 0 Å². The minimum absolute atomic E-state index is 0.108. The van der Waals surface area contributed by atoms with Crippen LogP contribution in [0.25, 0.3) is 0 Å². The summed E-state index contributed by atoms with van der Waals surface area (Å²) in [6, 6.07) is -0.374. The van der Waals surface area contributed by atoms with E-state index >= 15 is 0 Å². The topological polar surface area (TPSA) is 131 Å². The SMILES string of the molecule is CC(=O)N[C@H](C(=O)N(C)[C@@H](CC(C)C)C(=O)N[C@H](C#N)C[C@@H]1CCNC1=O)C(C)(C)C. The maximum absolute atomic E-state index is 13.2. The summed E-state index contributed by atoms with van der Waals surface area (Å²) in [7, 11) is 1.54. The van der Waals surface area contributed by atoms with Crippen LogP contribution in [-0.2, 0) is 19.2 Å². The van der Waals surface area contributed by atoms with Crippen molar-refractivity contribution in [1.29, 1.82) is 5.26 Å². The Labute approximate surface area is 185 Å². The molecular formula is C22H37N5O4. The first-order valence-electron chi connectivity index (χ1n) is 10.8. The predicted octanol–water partition coefficient (Wildman–Crippen LogP) is 0.945. The van der Waals surface area contributed by atoms with E-state index in [0.29, 0.717) is 19.4 Å². The Kier molecular flexibility index (Phi) is 9.47. The third kappa shape index (κ3) is 7.85. The lowest BCUT2D eigenvalue weighted by Crippen LogP contribution is -2.58. The van der Waals surface area contributed by atoms with E-state index in [1.54, 1.807) is 7.05 Å². The van der Waals surface area contributed by atoms with Gasteiger partial charge >= 0.3 is 0 Å². The number of carbonyl (C=O) groups excluding carboxylic acids is 4. The zero-order valence-corrected chi connectivity index (χ0v) is 19.7. The number of nitrogens with zero attached hydrogens (tertiary/aromatic N) is 2. The Balaban J connectivity index is 3.02. The standard InChI is InChI=1S/C22H37N5O4/c1-13(2)10-17(27(7)21(31)18(22(4,5)6)25-14(3)28)20(30)26-16(12-23)11-15-8-9-24-19(15)29/h13,15-18H,8-11H2,1-7H3,(H,24,29)(H,25,28)(H,26,30)/t15-,16-,17-,18+/m0/s1. The van der Waals surface area contributed by atoms with E-state index in [1.165, 1.54) is 11.8 Å². The smallest absolute Gasteiger partial charge is 0.246 e. The van der Waals surface area contributed by atoms with Gasteiger partial charge in [-0.05, 0) is 30.6 Å². The Morgan fingerprint density at radius 3 is 2.29 bits per heavy atom. The summed E-state index contributed by atoms with van der Waals surface area (Å²) in [5, 5.41) is 17.6. The monoisotopic (exact) mass is 435 g/mol. The molecule has 174 valence electrons. The van der Waals surface area contributed by atoms with Gasteiger partial charge < -0.3 is 20.9 Å². The zero-order valence-electron chi connectivity index (χ0n) is 19.7. The number of nitrogens with one attached hydrogen (secondary N) is 3. The normalized spacial score (nSPS) is 19.1. The van der Waals surface area contributed by atoms with Crippen molar-refractivity contribution in [3.8, 4) is 6.07 Å². The molecule has 1 fully saturated rings. The first kappa shape index (κ1) is 26.4. The van der Waals surface area contributed by atoms with Gasteiger partial charge in [0.25, 0.3) is 0 Å². The third-order valence-corrected chi connectivity index (χ3v) is 5.43. The fourth-order valence-electron chi connectivity index (χ4n) is 3.66. The molecule has 31 heavy (non-hydrogen) atoms. The third-order valence-electron chi connectivity index (χ3n) is 5.43. The second-order valence-corrected chi connectivity index (χ2v) is 9.80. The molecule has 1 rings (SSSR count). The average molecular weight is 436 g/mol. The van der Waals surface area contributed by atoms with Crippen LogP contribution in [0, 0.1) is 28.6 Å². The Bertz CT molecular complexity index is 722. The summed E-state index contributed by atoms with van der Waals surface area (Å²) in [5.41, 5.74) is -0.555. The summed E-state index contributed by atoms with van der Waals surface area (Å²) < 4.78 is 0. The minimum atomic E-state index is -0.826. The maximum Gasteiger partial charge on any atom is 0.246 e. The second kappa shape index (κ2) is 11.1. The van der Waals surface area contributed by atoms with Gasteiger partial charge in [-0.1, -0.05) is 34.6 Å². The molecule has 0 spiro atoms. The number of rotatable bonds is 9. The van der Waals surface area contributed by atoms with E-state index < -0.39 is 29.4 Å². The van der Waals surface area contributed by atoms with Crippen molar-refractivity contribution in [1.82, 2.24) is 20.9 Å².